The zero-order valence-corrected chi connectivity index (χ0v) is 17.1. The summed E-state index contributed by atoms with van der Waals surface area (Å²) >= 11 is 0. The Hall–Kier alpha value is -2.11. The number of likely N-dealkylation sites (N-methyl/N-ethyl adjacent to an activating group) is 1. The third-order valence-electron chi connectivity index (χ3n) is 4.41. The predicted octanol–water partition coefficient (Wildman–Crippen LogP) is 2.72. The fourth-order valence-corrected chi connectivity index (χ4v) is 4.55. The van der Waals surface area contributed by atoms with Crippen LogP contribution in [0.4, 0.5) is 4.79 Å². The van der Waals surface area contributed by atoms with Crippen LogP contribution in [0.2, 0.25) is 0 Å². The van der Waals surface area contributed by atoms with Crippen LogP contribution in [0.5, 0.6) is 0 Å². The highest BCUT2D eigenvalue weighted by molar-refractivity contribution is 7.88. The SMILES string of the molecule is CN(C(=O)OC(C)(C)C)C1CCCN(S(=O)(=O)Cc2ccc(C#N)cc2)C1. The highest BCUT2D eigenvalue weighted by Crippen LogP contribution is 2.22. The average molecular weight is 394 g/mol. The van der Waals surface area contributed by atoms with Crippen LogP contribution in [0.15, 0.2) is 24.3 Å². The molecule has 0 radical (unpaired) electrons. The summed E-state index contributed by atoms with van der Waals surface area (Å²) < 4.78 is 32.4. The molecule has 148 valence electrons. The molecule has 1 aliphatic heterocycles. The van der Waals surface area contributed by atoms with E-state index in [9.17, 15) is 13.2 Å². The van der Waals surface area contributed by atoms with E-state index in [-0.39, 0.29) is 18.3 Å². The number of hydrogen-bond donors (Lipinski definition) is 0. The van der Waals surface area contributed by atoms with Gasteiger partial charge in [-0.05, 0) is 51.3 Å². The third kappa shape index (κ3) is 5.94. The minimum Gasteiger partial charge on any atom is -0.444 e. The molecule has 1 aromatic rings. The van der Waals surface area contributed by atoms with Crippen LogP contribution in [-0.2, 0) is 20.5 Å². The maximum absolute atomic E-state index is 12.8. The Balaban J connectivity index is 2.05. The van der Waals surface area contributed by atoms with Crippen molar-refractivity contribution in [2.24, 2.45) is 0 Å². The molecule has 7 nitrogen and oxygen atoms in total. The van der Waals surface area contributed by atoms with E-state index in [1.54, 1.807) is 52.1 Å². The van der Waals surface area contributed by atoms with Gasteiger partial charge in [-0.3, -0.25) is 0 Å². The number of hydrogen-bond acceptors (Lipinski definition) is 5. The zero-order valence-electron chi connectivity index (χ0n) is 16.3. The molecule has 0 bridgehead atoms. The van der Waals surface area contributed by atoms with Crippen LogP contribution in [-0.4, -0.2) is 55.5 Å². The first-order chi connectivity index (χ1) is 12.5. The summed E-state index contributed by atoms with van der Waals surface area (Å²) in [4.78, 5) is 13.8. The quantitative estimate of drug-likeness (QED) is 0.784. The molecule has 1 unspecified atom stereocenters. The Bertz CT molecular complexity index is 807. The number of carbonyl (C=O) groups is 1. The first kappa shape index (κ1) is 21.2. The first-order valence-electron chi connectivity index (χ1n) is 8.94. The number of rotatable bonds is 4. The number of carbonyl (C=O) groups excluding carboxylic acids is 1. The van der Waals surface area contributed by atoms with Gasteiger partial charge in [0, 0.05) is 26.2 Å². The fraction of sp³-hybridized carbons (Fsp3) is 0.579. The average Bonchev–Trinajstić information content (AvgIpc) is 2.60. The Morgan fingerprint density at radius 1 is 1.33 bits per heavy atom. The van der Waals surface area contributed by atoms with Gasteiger partial charge in [-0.2, -0.15) is 9.57 Å². The molecule has 27 heavy (non-hydrogen) atoms. The van der Waals surface area contributed by atoms with Crippen LogP contribution in [0, 0.1) is 11.3 Å². The summed E-state index contributed by atoms with van der Waals surface area (Å²) in [7, 11) is -1.86. The van der Waals surface area contributed by atoms with Crippen molar-refractivity contribution in [3.63, 3.8) is 0 Å². The molecular weight excluding hydrogens is 366 g/mol. The molecule has 1 heterocycles. The van der Waals surface area contributed by atoms with Crippen LogP contribution in [0.1, 0.15) is 44.7 Å². The van der Waals surface area contributed by atoms with Gasteiger partial charge in [0.1, 0.15) is 5.60 Å². The molecule has 8 heteroatoms. The van der Waals surface area contributed by atoms with Crippen LogP contribution in [0.25, 0.3) is 0 Å². The third-order valence-corrected chi connectivity index (χ3v) is 6.23. The molecule has 0 aromatic heterocycles. The number of ether oxygens (including phenoxy) is 1. The molecular formula is C19H27N3O4S. The Kier molecular flexibility index (Phi) is 6.50. The monoisotopic (exact) mass is 393 g/mol. The summed E-state index contributed by atoms with van der Waals surface area (Å²) in [5, 5.41) is 8.84. The standard InChI is InChI=1S/C19H27N3O4S/c1-19(2,3)26-18(23)21(4)17-6-5-11-22(13-17)27(24,25)14-16-9-7-15(12-20)8-10-16/h7-10,17H,5-6,11,13-14H2,1-4H3. The molecule has 1 saturated heterocycles. The number of piperidine rings is 1. The van der Waals surface area contributed by atoms with Gasteiger partial charge in [0.15, 0.2) is 0 Å². The van der Waals surface area contributed by atoms with Crippen LogP contribution < -0.4 is 0 Å². The second-order valence-electron chi connectivity index (χ2n) is 7.81. The molecule has 1 atom stereocenters. The van der Waals surface area contributed by atoms with Gasteiger partial charge in [-0.1, -0.05) is 12.1 Å². The van der Waals surface area contributed by atoms with Gasteiger partial charge in [0.2, 0.25) is 10.0 Å². The van der Waals surface area contributed by atoms with Crippen molar-refractivity contribution in [3.8, 4) is 6.07 Å². The van der Waals surface area contributed by atoms with Crippen molar-refractivity contribution >= 4 is 16.1 Å². The molecule has 1 aromatic carbocycles. The summed E-state index contributed by atoms with van der Waals surface area (Å²) in [6.07, 6.45) is 0.974. The van der Waals surface area contributed by atoms with Crippen molar-refractivity contribution in [3.05, 3.63) is 35.4 Å². The number of amides is 1. The van der Waals surface area contributed by atoms with E-state index >= 15 is 0 Å². The van der Waals surface area contributed by atoms with E-state index in [0.717, 1.165) is 6.42 Å². The largest absolute Gasteiger partial charge is 0.444 e. The lowest BCUT2D eigenvalue weighted by molar-refractivity contribution is 0.0173. The predicted molar refractivity (Wildman–Crippen MR) is 102 cm³/mol. The summed E-state index contributed by atoms with van der Waals surface area (Å²) in [6.45, 7) is 6.10. The van der Waals surface area contributed by atoms with Gasteiger partial charge in [0.25, 0.3) is 0 Å². The molecule has 1 fully saturated rings. The van der Waals surface area contributed by atoms with Gasteiger partial charge < -0.3 is 9.64 Å². The Morgan fingerprint density at radius 2 is 1.96 bits per heavy atom. The van der Waals surface area contributed by atoms with E-state index in [0.29, 0.717) is 24.1 Å². The lowest BCUT2D eigenvalue weighted by atomic mass is 10.1. The molecule has 0 N–H and O–H groups in total. The summed E-state index contributed by atoms with van der Waals surface area (Å²) in [5.41, 5.74) is 0.534. The van der Waals surface area contributed by atoms with Gasteiger partial charge in [0.05, 0.1) is 17.4 Å². The molecule has 0 aliphatic carbocycles. The fourth-order valence-electron chi connectivity index (χ4n) is 2.95. The number of nitrogens with zero attached hydrogens (tertiary/aromatic N) is 3. The minimum absolute atomic E-state index is 0.123. The zero-order chi connectivity index (χ0) is 20.2. The highest BCUT2D eigenvalue weighted by Gasteiger charge is 2.33. The van der Waals surface area contributed by atoms with E-state index in [4.69, 9.17) is 10.00 Å². The first-order valence-corrected chi connectivity index (χ1v) is 10.6. The number of benzene rings is 1. The number of nitriles is 1. The van der Waals surface area contributed by atoms with E-state index in [1.807, 2.05) is 6.07 Å². The molecule has 2 rings (SSSR count). The molecule has 1 aliphatic rings. The Labute approximate surface area is 161 Å². The maximum atomic E-state index is 12.8. The molecule has 1 amide bonds. The van der Waals surface area contributed by atoms with Crippen molar-refractivity contribution < 1.29 is 17.9 Å². The van der Waals surface area contributed by atoms with Gasteiger partial charge in [-0.25, -0.2) is 13.2 Å². The van der Waals surface area contributed by atoms with Crippen molar-refractivity contribution in [2.75, 3.05) is 20.1 Å². The molecule has 0 saturated carbocycles. The summed E-state index contributed by atoms with van der Waals surface area (Å²) in [6, 6.07) is 8.33. The lowest BCUT2D eigenvalue weighted by Crippen LogP contribution is -2.51. The topological polar surface area (TPSA) is 90.7 Å². The van der Waals surface area contributed by atoms with E-state index < -0.39 is 21.7 Å². The van der Waals surface area contributed by atoms with Gasteiger partial charge >= 0.3 is 6.09 Å². The van der Waals surface area contributed by atoms with E-state index in [2.05, 4.69) is 0 Å². The van der Waals surface area contributed by atoms with Crippen molar-refractivity contribution in [1.29, 1.82) is 5.26 Å². The second kappa shape index (κ2) is 8.28. The second-order valence-corrected chi connectivity index (χ2v) is 9.78. The van der Waals surface area contributed by atoms with Crippen LogP contribution in [0.3, 0.4) is 0 Å². The smallest absolute Gasteiger partial charge is 0.410 e. The van der Waals surface area contributed by atoms with Gasteiger partial charge in [-0.15, -0.1) is 0 Å². The summed E-state index contributed by atoms with van der Waals surface area (Å²) in [5.74, 6) is -0.123. The highest BCUT2D eigenvalue weighted by atomic mass is 32.2. The normalized spacial score (nSPS) is 18.6. The minimum atomic E-state index is -3.51. The Morgan fingerprint density at radius 3 is 2.52 bits per heavy atom. The number of sulfonamides is 1. The lowest BCUT2D eigenvalue weighted by Gasteiger charge is -2.37. The molecule has 0 spiro atoms. The van der Waals surface area contributed by atoms with Crippen LogP contribution >= 0.6 is 0 Å². The van der Waals surface area contributed by atoms with Crippen molar-refractivity contribution in [1.82, 2.24) is 9.21 Å². The maximum Gasteiger partial charge on any atom is 0.410 e. The van der Waals surface area contributed by atoms with Crippen molar-refractivity contribution in [2.45, 2.75) is 51.0 Å². The van der Waals surface area contributed by atoms with E-state index in [1.165, 1.54) is 9.21 Å².